The molecule has 1 unspecified atom stereocenters. The number of hydrazone groups is 1. The lowest BCUT2D eigenvalue weighted by Gasteiger charge is -2.18. The summed E-state index contributed by atoms with van der Waals surface area (Å²) < 4.78 is 5.11. The topological polar surface area (TPSA) is 50.9 Å². The molecule has 0 saturated heterocycles. The van der Waals surface area contributed by atoms with Crippen LogP contribution in [0.2, 0.25) is 0 Å². The van der Waals surface area contributed by atoms with E-state index in [4.69, 9.17) is 10.5 Å². The maximum absolute atomic E-state index is 5.69. The van der Waals surface area contributed by atoms with Gasteiger partial charge < -0.3 is 10.5 Å². The van der Waals surface area contributed by atoms with Crippen LogP contribution in [0.4, 0.5) is 0 Å². The van der Waals surface area contributed by atoms with Crippen molar-refractivity contribution in [3.05, 3.63) is 29.8 Å². The van der Waals surface area contributed by atoms with Gasteiger partial charge in [0.25, 0.3) is 0 Å². The van der Waals surface area contributed by atoms with E-state index in [-0.39, 0.29) is 6.04 Å². The molecule has 0 bridgehead atoms. The summed E-state index contributed by atoms with van der Waals surface area (Å²) in [5, 5.41) is 6.09. The van der Waals surface area contributed by atoms with Crippen molar-refractivity contribution in [3.8, 4) is 5.75 Å². The Morgan fingerprint density at radius 3 is 2.53 bits per heavy atom. The van der Waals surface area contributed by atoms with Gasteiger partial charge in [0, 0.05) is 13.5 Å². The number of hydrogen-bond donors (Lipinski definition) is 1. The van der Waals surface area contributed by atoms with E-state index in [1.807, 2.05) is 36.3 Å². The van der Waals surface area contributed by atoms with E-state index in [9.17, 15) is 0 Å². The Bertz CT molecular complexity index is 372. The molecule has 80 valence electrons. The largest absolute Gasteiger partial charge is 0.497 e. The molecular weight excluding hydrogens is 190 g/mol. The predicted molar refractivity (Wildman–Crippen MR) is 59.7 cm³/mol. The van der Waals surface area contributed by atoms with Crippen LogP contribution in [0.5, 0.6) is 5.75 Å². The molecule has 0 aliphatic carbocycles. The SMILES string of the molecule is COc1ccc(C2CC(N)=NN2C)cc1. The Morgan fingerprint density at radius 2 is 2.07 bits per heavy atom. The van der Waals surface area contributed by atoms with Crippen molar-refractivity contribution in [1.29, 1.82) is 0 Å². The maximum Gasteiger partial charge on any atom is 0.122 e. The normalized spacial score (nSPS) is 20.3. The summed E-state index contributed by atoms with van der Waals surface area (Å²) in [4.78, 5) is 0. The highest BCUT2D eigenvalue weighted by atomic mass is 16.5. The van der Waals surface area contributed by atoms with E-state index >= 15 is 0 Å². The van der Waals surface area contributed by atoms with E-state index in [0.717, 1.165) is 12.2 Å². The Balaban J connectivity index is 2.17. The van der Waals surface area contributed by atoms with Crippen molar-refractivity contribution in [2.75, 3.05) is 14.2 Å². The van der Waals surface area contributed by atoms with Crippen molar-refractivity contribution in [2.45, 2.75) is 12.5 Å². The van der Waals surface area contributed by atoms with Crippen LogP contribution in [0.3, 0.4) is 0 Å². The summed E-state index contributed by atoms with van der Waals surface area (Å²) in [6.07, 6.45) is 0.794. The Kier molecular flexibility index (Phi) is 2.49. The van der Waals surface area contributed by atoms with Crippen LogP contribution >= 0.6 is 0 Å². The van der Waals surface area contributed by atoms with Crippen molar-refractivity contribution in [3.63, 3.8) is 0 Å². The average Bonchev–Trinajstić information content (AvgIpc) is 2.58. The highest BCUT2D eigenvalue weighted by Gasteiger charge is 2.23. The molecule has 1 aromatic carbocycles. The lowest BCUT2D eigenvalue weighted by Crippen LogP contribution is -2.14. The third-order valence-electron chi connectivity index (χ3n) is 2.64. The molecule has 1 aromatic rings. The minimum absolute atomic E-state index is 0.260. The zero-order chi connectivity index (χ0) is 10.8. The number of rotatable bonds is 2. The highest BCUT2D eigenvalue weighted by Crippen LogP contribution is 2.28. The van der Waals surface area contributed by atoms with E-state index in [1.54, 1.807) is 7.11 Å². The Hall–Kier alpha value is -1.71. The van der Waals surface area contributed by atoms with E-state index < -0.39 is 0 Å². The fourth-order valence-electron chi connectivity index (χ4n) is 1.80. The zero-order valence-corrected chi connectivity index (χ0v) is 8.97. The minimum atomic E-state index is 0.260. The summed E-state index contributed by atoms with van der Waals surface area (Å²) in [6.45, 7) is 0. The second kappa shape index (κ2) is 3.81. The first-order valence-electron chi connectivity index (χ1n) is 4.90. The standard InChI is InChI=1S/C11H15N3O/c1-14-10(7-11(12)13-14)8-3-5-9(15-2)6-4-8/h3-6,10H,7H2,1-2H3,(H2,12,13). The van der Waals surface area contributed by atoms with Gasteiger partial charge in [-0.2, -0.15) is 5.10 Å². The van der Waals surface area contributed by atoms with Crippen molar-refractivity contribution in [2.24, 2.45) is 10.8 Å². The third-order valence-corrected chi connectivity index (χ3v) is 2.64. The van der Waals surface area contributed by atoms with Crippen molar-refractivity contribution < 1.29 is 4.74 Å². The molecular formula is C11H15N3O. The highest BCUT2D eigenvalue weighted by molar-refractivity contribution is 5.82. The molecule has 0 spiro atoms. The number of methoxy groups -OCH3 is 1. The van der Waals surface area contributed by atoms with Crippen LogP contribution in [0.1, 0.15) is 18.0 Å². The van der Waals surface area contributed by atoms with Crippen molar-refractivity contribution in [1.82, 2.24) is 5.01 Å². The van der Waals surface area contributed by atoms with Crippen LogP contribution in [0.15, 0.2) is 29.4 Å². The Morgan fingerprint density at radius 1 is 1.40 bits per heavy atom. The number of hydrogen-bond acceptors (Lipinski definition) is 4. The van der Waals surface area contributed by atoms with Crippen LogP contribution in [0, 0.1) is 0 Å². The van der Waals surface area contributed by atoms with Gasteiger partial charge in [-0.15, -0.1) is 0 Å². The van der Waals surface area contributed by atoms with Crippen LogP contribution in [-0.2, 0) is 0 Å². The lowest BCUT2D eigenvalue weighted by molar-refractivity contribution is 0.289. The van der Waals surface area contributed by atoms with Crippen LogP contribution < -0.4 is 10.5 Å². The minimum Gasteiger partial charge on any atom is -0.497 e. The van der Waals surface area contributed by atoms with Gasteiger partial charge in [-0.05, 0) is 17.7 Å². The molecule has 1 aliphatic rings. The van der Waals surface area contributed by atoms with E-state index in [2.05, 4.69) is 5.10 Å². The molecule has 1 aliphatic heterocycles. The summed E-state index contributed by atoms with van der Waals surface area (Å²) in [6, 6.07) is 8.27. The molecule has 0 radical (unpaired) electrons. The quantitative estimate of drug-likeness (QED) is 0.792. The van der Waals surface area contributed by atoms with Gasteiger partial charge in [-0.3, -0.25) is 5.01 Å². The monoisotopic (exact) mass is 205 g/mol. The van der Waals surface area contributed by atoms with Gasteiger partial charge in [0.1, 0.15) is 11.6 Å². The van der Waals surface area contributed by atoms with E-state index in [0.29, 0.717) is 5.84 Å². The molecule has 0 saturated carbocycles. The summed E-state index contributed by atoms with van der Waals surface area (Å²) >= 11 is 0. The van der Waals surface area contributed by atoms with Gasteiger partial charge in [0.2, 0.25) is 0 Å². The van der Waals surface area contributed by atoms with Gasteiger partial charge in [0.15, 0.2) is 0 Å². The molecule has 4 heteroatoms. The maximum atomic E-state index is 5.69. The first kappa shape index (κ1) is 9.83. The number of ether oxygens (including phenoxy) is 1. The fraction of sp³-hybridized carbons (Fsp3) is 0.364. The van der Waals surface area contributed by atoms with E-state index in [1.165, 1.54) is 5.56 Å². The zero-order valence-electron chi connectivity index (χ0n) is 8.97. The number of benzene rings is 1. The van der Waals surface area contributed by atoms with Crippen LogP contribution in [-0.4, -0.2) is 25.0 Å². The number of nitrogens with zero attached hydrogens (tertiary/aromatic N) is 2. The molecule has 4 nitrogen and oxygen atoms in total. The van der Waals surface area contributed by atoms with Crippen LogP contribution in [0.25, 0.3) is 0 Å². The summed E-state index contributed by atoms with van der Waals surface area (Å²) in [5.41, 5.74) is 6.90. The first-order valence-corrected chi connectivity index (χ1v) is 4.90. The molecule has 1 atom stereocenters. The second-order valence-corrected chi connectivity index (χ2v) is 3.66. The predicted octanol–water partition coefficient (Wildman–Crippen LogP) is 1.34. The first-order chi connectivity index (χ1) is 7.20. The van der Waals surface area contributed by atoms with Gasteiger partial charge in [0.05, 0.1) is 13.2 Å². The molecule has 2 N–H and O–H groups in total. The molecule has 2 rings (SSSR count). The number of nitrogens with two attached hydrogens (primary N) is 1. The van der Waals surface area contributed by atoms with Gasteiger partial charge in [-0.1, -0.05) is 12.1 Å². The smallest absolute Gasteiger partial charge is 0.122 e. The fourth-order valence-corrected chi connectivity index (χ4v) is 1.80. The lowest BCUT2D eigenvalue weighted by atomic mass is 10.0. The van der Waals surface area contributed by atoms with Crippen molar-refractivity contribution >= 4 is 5.84 Å². The third kappa shape index (κ3) is 1.88. The Labute approximate surface area is 89.3 Å². The molecule has 0 aromatic heterocycles. The summed E-state index contributed by atoms with van der Waals surface area (Å²) in [7, 11) is 3.60. The molecule has 1 heterocycles. The van der Waals surface area contributed by atoms with Gasteiger partial charge >= 0.3 is 0 Å². The molecule has 0 amide bonds. The molecule has 0 fully saturated rings. The second-order valence-electron chi connectivity index (χ2n) is 3.66. The molecule has 15 heavy (non-hydrogen) atoms. The number of amidine groups is 1. The summed E-state index contributed by atoms with van der Waals surface area (Å²) in [5.74, 6) is 1.56. The average molecular weight is 205 g/mol. The van der Waals surface area contributed by atoms with Gasteiger partial charge in [-0.25, -0.2) is 0 Å².